The predicted octanol–water partition coefficient (Wildman–Crippen LogP) is 2.67. The molecule has 3 rings (SSSR count). The maximum atomic E-state index is 5.94. The largest absolute Gasteiger partial charge is 0.364 e. The van der Waals surface area contributed by atoms with Crippen LogP contribution < -0.4 is 10.2 Å². The van der Waals surface area contributed by atoms with E-state index in [2.05, 4.69) is 22.3 Å². The Hall–Kier alpha value is -0.730. The summed E-state index contributed by atoms with van der Waals surface area (Å²) >= 11 is 5.94. The van der Waals surface area contributed by atoms with E-state index >= 15 is 0 Å². The highest BCUT2D eigenvalue weighted by Crippen LogP contribution is 2.33. The van der Waals surface area contributed by atoms with Gasteiger partial charge in [0.1, 0.15) is 0 Å². The first-order chi connectivity index (χ1) is 7.84. The van der Waals surface area contributed by atoms with Gasteiger partial charge in [-0.3, -0.25) is 0 Å². The molecule has 2 atom stereocenters. The number of rotatable bonds is 1. The molecule has 0 aromatic heterocycles. The topological polar surface area (TPSA) is 15.3 Å². The minimum Gasteiger partial charge on any atom is -0.364 e. The highest BCUT2D eigenvalue weighted by Gasteiger charge is 2.34. The van der Waals surface area contributed by atoms with Crippen molar-refractivity contribution < 1.29 is 0 Å². The van der Waals surface area contributed by atoms with E-state index in [1.807, 2.05) is 12.1 Å². The molecule has 0 radical (unpaired) electrons. The van der Waals surface area contributed by atoms with Crippen molar-refractivity contribution in [3.05, 3.63) is 29.3 Å². The van der Waals surface area contributed by atoms with Crippen molar-refractivity contribution in [2.45, 2.75) is 31.3 Å². The van der Waals surface area contributed by atoms with Crippen LogP contribution in [0.25, 0.3) is 0 Å². The highest BCUT2D eigenvalue weighted by molar-refractivity contribution is 6.30. The normalized spacial score (nSPS) is 29.2. The van der Waals surface area contributed by atoms with Gasteiger partial charge >= 0.3 is 0 Å². The van der Waals surface area contributed by atoms with Gasteiger partial charge in [-0.15, -0.1) is 0 Å². The standard InChI is InChI=1S/C13H17ClN2/c14-10-1-3-11(4-2-10)16-12-5-6-13(16)9-15-8-7-12/h1-4,12-13,15H,5-9H2. The summed E-state index contributed by atoms with van der Waals surface area (Å²) < 4.78 is 0. The fourth-order valence-electron chi connectivity index (χ4n) is 3.02. The molecule has 16 heavy (non-hydrogen) atoms. The van der Waals surface area contributed by atoms with E-state index in [1.165, 1.54) is 24.9 Å². The monoisotopic (exact) mass is 236 g/mol. The van der Waals surface area contributed by atoms with E-state index in [0.29, 0.717) is 6.04 Å². The van der Waals surface area contributed by atoms with Crippen LogP contribution in [0.5, 0.6) is 0 Å². The second-order valence-electron chi connectivity index (χ2n) is 4.76. The molecule has 2 fully saturated rings. The van der Waals surface area contributed by atoms with Crippen LogP contribution >= 0.6 is 11.6 Å². The molecule has 1 aromatic rings. The quantitative estimate of drug-likeness (QED) is 0.807. The Kier molecular flexibility index (Phi) is 2.78. The third kappa shape index (κ3) is 1.80. The van der Waals surface area contributed by atoms with Crippen LogP contribution in [0.2, 0.25) is 5.02 Å². The smallest absolute Gasteiger partial charge is 0.0418 e. The number of hydrogen-bond acceptors (Lipinski definition) is 2. The molecule has 2 aliphatic rings. The molecule has 0 amide bonds. The number of nitrogens with one attached hydrogen (secondary N) is 1. The van der Waals surface area contributed by atoms with Crippen LogP contribution in [0.3, 0.4) is 0 Å². The van der Waals surface area contributed by atoms with Gasteiger partial charge in [-0.2, -0.15) is 0 Å². The summed E-state index contributed by atoms with van der Waals surface area (Å²) in [4.78, 5) is 2.59. The first kappa shape index (κ1) is 10.4. The van der Waals surface area contributed by atoms with Crippen LogP contribution in [0.4, 0.5) is 5.69 Å². The molecular weight excluding hydrogens is 220 g/mol. The fourth-order valence-corrected chi connectivity index (χ4v) is 3.14. The van der Waals surface area contributed by atoms with Gasteiger partial charge < -0.3 is 10.2 Å². The second-order valence-corrected chi connectivity index (χ2v) is 5.20. The predicted molar refractivity (Wildman–Crippen MR) is 68.2 cm³/mol. The van der Waals surface area contributed by atoms with Crippen LogP contribution in [0.15, 0.2) is 24.3 Å². The van der Waals surface area contributed by atoms with Crippen molar-refractivity contribution in [3.63, 3.8) is 0 Å². The molecular formula is C13H17ClN2. The van der Waals surface area contributed by atoms with Gasteiger partial charge in [0.05, 0.1) is 0 Å². The molecule has 2 bridgehead atoms. The second kappa shape index (κ2) is 4.27. The molecule has 0 aliphatic carbocycles. The molecule has 2 saturated heterocycles. The van der Waals surface area contributed by atoms with Gasteiger partial charge in [0.15, 0.2) is 0 Å². The molecule has 1 aromatic carbocycles. The first-order valence-electron chi connectivity index (χ1n) is 6.09. The summed E-state index contributed by atoms with van der Waals surface area (Å²) in [6.45, 7) is 2.28. The number of anilines is 1. The molecule has 3 heteroatoms. The van der Waals surface area contributed by atoms with E-state index in [1.54, 1.807) is 0 Å². The maximum Gasteiger partial charge on any atom is 0.0418 e. The summed E-state index contributed by atoms with van der Waals surface area (Å²) in [5, 5.41) is 4.35. The van der Waals surface area contributed by atoms with Gasteiger partial charge in [-0.05, 0) is 50.1 Å². The summed E-state index contributed by atoms with van der Waals surface area (Å²) in [5.41, 5.74) is 1.33. The van der Waals surface area contributed by atoms with E-state index in [9.17, 15) is 0 Å². The Morgan fingerprint density at radius 3 is 2.62 bits per heavy atom. The number of hydrogen-bond donors (Lipinski definition) is 1. The average Bonchev–Trinajstić information content (AvgIpc) is 2.53. The van der Waals surface area contributed by atoms with Gasteiger partial charge in [0.2, 0.25) is 0 Å². The summed E-state index contributed by atoms with van der Waals surface area (Å²) in [7, 11) is 0. The zero-order valence-electron chi connectivity index (χ0n) is 9.32. The summed E-state index contributed by atoms with van der Waals surface area (Å²) in [6.07, 6.45) is 3.92. The number of benzene rings is 1. The lowest BCUT2D eigenvalue weighted by molar-refractivity contribution is 0.567. The fraction of sp³-hybridized carbons (Fsp3) is 0.538. The van der Waals surface area contributed by atoms with Crippen molar-refractivity contribution in [2.75, 3.05) is 18.0 Å². The lowest BCUT2D eigenvalue weighted by Gasteiger charge is -2.30. The third-order valence-corrected chi connectivity index (χ3v) is 4.03. The van der Waals surface area contributed by atoms with Crippen LogP contribution in [0.1, 0.15) is 19.3 Å². The SMILES string of the molecule is Clc1ccc(N2C3CCNCC2CC3)cc1. The van der Waals surface area contributed by atoms with Crippen LogP contribution in [-0.4, -0.2) is 25.2 Å². The summed E-state index contributed by atoms with van der Waals surface area (Å²) in [5.74, 6) is 0. The zero-order chi connectivity index (χ0) is 11.0. The Labute approximate surface area is 102 Å². The van der Waals surface area contributed by atoms with Gasteiger partial charge in [0.25, 0.3) is 0 Å². The number of nitrogens with zero attached hydrogens (tertiary/aromatic N) is 1. The number of fused-ring (bicyclic) bond motifs is 2. The van der Waals surface area contributed by atoms with Crippen molar-refractivity contribution in [3.8, 4) is 0 Å². The van der Waals surface area contributed by atoms with Crippen molar-refractivity contribution in [2.24, 2.45) is 0 Å². The molecule has 2 unspecified atom stereocenters. The Bertz CT molecular complexity index is 349. The maximum absolute atomic E-state index is 5.94. The molecule has 2 nitrogen and oxygen atoms in total. The van der Waals surface area contributed by atoms with Crippen molar-refractivity contribution in [1.29, 1.82) is 0 Å². The third-order valence-electron chi connectivity index (χ3n) is 3.78. The molecule has 0 spiro atoms. The molecule has 2 aliphatic heterocycles. The Morgan fingerprint density at radius 1 is 1.06 bits per heavy atom. The van der Waals surface area contributed by atoms with Gasteiger partial charge in [-0.25, -0.2) is 0 Å². The molecule has 0 saturated carbocycles. The van der Waals surface area contributed by atoms with Crippen molar-refractivity contribution in [1.82, 2.24) is 5.32 Å². The lowest BCUT2D eigenvalue weighted by Crippen LogP contribution is -2.37. The first-order valence-corrected chi connectivity index (χ1v) is 6.47. The van der Waals surface area contributed by atoms with E-state index in [-0.39, 0.29) is 0 Å². The molecule has 2 heterocycles. The van der Waals surface area contributed by atoms with Gasteiger partial charge in [-0.1, -0.05) is 11.6 Å². The molecule has 86 valence electrons. The van der Waals surface area contributed by atoms with E-state index in [0.717, 1.165) is 24.2 Å². The van der Waals surface area contributed by atoms with Crippen molar-refractivity contribution >= 4 is 17.3 Å². The summed E-state index contributed by atoms with van der Waals surface area (Å²) in [6, 6.07) is 9.69. The Morgan fingerprint density at radius 2 is 1.81 bits per heavy atom. The van der Waals surface area contributed by atoms with E-state index in [4.69, 9.17) is 11.6 Å². The van der Waals surface area contributed by atoms with Gasteiger partial charge in [0, 0.05) is 29.3 Å². The van der Waals surface area contributed by atoms with E-state index < -0.39 is 0 Å². The van der Waals surface area contributed by atoms with Crippen LogP contribution in [0, 0.1) is 0 Å². The number of halogens is 1. The minimum absolute atomic E-state index is 0.675. The minimum atomic E-state index is 0.675. The van der Waals surface area contributed by atoms with Crippen LogP contribution in [-0.2, 0) is 0 Å². The molecule has 1 N–H and O–H groups in total. The Balaban J connectivity index is 1.90. The zero-order valence-corrected chi connectivity index (χ0v) is 10.1. The highest BCUT2D eigenvalue weighted by atomic mass is 35.5. The average molecular weight is 237 g/mol. The lowest BCUT2D eigenvalue weighted by atomic mass is 10.1.